The molecule has 132 valence electrons. The highest BCUT2D eigenvalue weighted by Gasteiger charge is 2.17. The summed E-state index contributed by atoms with van der Waals surface area (Å²) >= 11 is 1.65. The second-order valence-electron chi connectivity index (χ2n) is 6.42. The van der Waals surface area contributed by atoms with Crippen molar-refractivity contribution in [2.45, 2.75) is 31.8 Å². The molecule has 0 fully saturated rings. The van der Waals surface area contributed by atoms with Gasteiger partial charge in [-0.05, 0) is 31.0 Å². The zero-order chi connectivity index (χ0) is 18.1. The minimum atomic E-state index is -0.0421. The van der Waals surface area contributed by atoms with Gasteiger partial charge in [-0.25, -0.2) is 4.98 Å². The summed E-state index contributed by atoms with van der Waals surface area (Å²) in [4.78, 5) is 21.6. The molecular formula is C21H21N3OS. The third-order valence-corrected chi connectivity index (χ3v) is 5.60. The van der Waals surface area contributed by atoms with E-state index in [2.05, 4.69) is 11.9 Å². The lowest BCUT2D eigenvalue weighted by Crippen LogP contribution is -2.22. The van der Waals surface area contributed by atoms with Crippen molar-refractivity contribution < 1.29 is 0 Å². The molecule has 1 N–H and O–H groups in total. The molecule has 4 aromatic rings. The predicted molar refractivity (Wildman–Crippen MR) is 110 cm³/mol. The number of thioether (sulfide) groups is 1. The SMILES string of the molecule is CCCCSc1nc2c([nH]c3ccccc32)c(=O)n1-c1ccccc1C. The van der Waals surface area contributed by atoms with Gasteiger partial charge in [0.1, 0.15) is 11.0 Å². The first kappa shape index (κ1) is 16.9. The summed E-state index contributed by atoms with van der Waals surface area (Å²) in [6.07, 6.45) is 2.22. The first-order valence-corrected chi connectivity index (χ1v) is 9.91. The van der Waals surface area contributed by atoms with Crippen LogP contribution in [0.15, 0.2) is 58.5 Å². The molecule has 0 atom stereocenters. The molecule has 0 aliphatic heterocycles. The van der Waals surface area contributed by atoms with Crippen molar-refractivity contribution in [2.24, 2.45) is 0 Å². The number of aromatic amines is 1. The fourth-order valence-corrected chi connectivity index (χ4v) is 4.26. The van der Waals surface area contributed by atoms with Crippen molar-refractivity contribution in [2.75, 3.05) is 5.75 Å². The zero-order valence-corrected chi connectivity index (χ0v) is 15.8. The molecule has 2 heterocycles. The first-order chi connectivity index (χ1) is 12.7. The van der Waals surface area contributed by atoms with E-state index in [0.717, 1.165) is 51.4 Å². The van der Waals surface area contributed by atoms with E-state index in [9.17, 15) is 4.79 Å². The van der Waals surface area contributed by atoms with E-state index in [1.807, 2.05) is 55.5 Å². The van der Waals surface area contributed by atoms with Crippen molar-refractivity contribution in [3.8, 4) is 5.69 Å². The van der Waals surface area contributed by atoms with Crippen LogP contribution in [0.1, 0.15) is 25.3 Å². The number of rotatable bonds is 5. The van der Waals surface area contributed by atoms with Crippen LogP contribution in [0.4, 0.5) is 0 Å². The molecule has 0 bridgehead atoms. The molecule has 2 aromatic heterocycles. The van der Waals surface area contributed by atoms with Crippen molar-refractivity contribution in [1.29, 1.82) is 0 Å². The summed E-state index contributed by atoms with van der Waals surface area (Å²) < 4.78 is 1.76. The Bertz CT molecular complexity index is 1140. The lowest BCUT2D eigenvalue weighted by atomic mass is 10.2. The maximum Gasteiger partial charge on any atom is 0.283 e. The molecule has 26 heavy (non-hydrogen) atoms. The summed E-state index contributed by atoms with van der Waals surface area (Å²) in [6.45, 7) is 4.20. The molecule has 0 spiro atoms. The van der Waals surface area contributed by atoms with Crippen molar-refractivity contribution in [3.05, 3.63) is 64.4 Å². The van der Waals surface area contributed by atoms with Gasteiger partial charge in [0.15, 0.2) is 5.16 Å². The van der Waals surface area contributed by atoms with E-state index >= 15 is 0 Å². The third-order valence-electron chi connectivity index (χ3n) is 4.58. The number of unbranched alkanes of at least 4 members (excludes halogenated alkanes) is 1. The number of hydrogen-bond donors (Lipinski definition) is 1. The highest BCUT2D eigenvalue weighted by molar-refractivity contribution is 7.99. The Morgan fingerprint density at radius 3 is 2.69 bits per heavy atom. The minimum Gasteiger partial charge on any atom is -0.349 e. The highest BCUT2D eigenvalue weighted by atomic mass is 32.2. The molecule has 4 rings (SSSR count). The molecule has 0 aliphatic carbocycles. The minimum absolute atomic E-state index is 0.0421. The largest absolute Gasteiger partial charge is 0.349 e. The van der Waals surface area contributed by atoms with Gasteiger partial charge in [0.05, 0.1) is 5.69 Å². The van der Waals surface area contributed by atoms with E-state index in [0.29, 0.717) is 5.52 Å². The molecule has 2 aromatic carbocycles. The number of aryl methyl sites for hydroxylation is 1. The van der Waals surface area contributed by atoms with Crippen LogP contribution < -0.4 is 5.56 Å². The molecule has 0 radical (unpaired) electrons. The lowest BCUT2D eigenvalue weighted by Gasteiger charge is -2.14. The molecule has 0 saturated heterocycles. The quantitative estimate of drug-likeness (QED) is 0.306. The Labute approximate surface area is 156 Å². The predicted octanol–water partition coefficient (Wildman–Crippen LogP) is 5.07. The van der Waals surface area contributed by atoms with Crippen molar-refractivity contribution in [3.63, 3.8) is 0 Å². The van der Waals surface area contributed by atoms with Gasteiger partial charge < -0.3 is 4.98 Å². The molecule has 0 aliphatic rings. The zero-order valence-electron chi connectivity index (χ0n) is 15.0. The fraction of sp³-hybridized carbons (Fsp3) is 0.238. The first-order valence-electron chi connectivity index (χ1n) is 8.93. The summed E-state index contributed by atoms with van der Waals surface area (Å²) in [5, 5.41) is 1.75. The van der Waals surface area contributed by atoms with E-state index in [1.165, 1.54) is 0 Å². The van der Waals surface area contributed by atoms with E-state index in [-0.39, 0.29) is 5.56 Å². The van der Waals surface area contributed by atoms with Gasteiger partial charge in [0.25, 0.3) is 5.56 Å². The van der Waals surface area contributed by atoms with Crippen molar-refractivity contribution >= 4 is 33.7 Å². The van der Waals surface area contributed by atoms with Crippen LogP contribution in [0.25, 0.3) is 27.6 Å². The van der Waals surface area contributed by atoms with Gasteiger partial charge in [0, 0.05) is 16.7 Å². The van der Waals surface area contributed by atoms with Crippen LogP contribution in [-0.4, -0.2) is 20.3 Å². The topological polar surface area (TPSA) is 50.7 Å². The molecule has 0 amide bonds. The maximum absolute atomic E-state index is 13.4. The van der Waals surface area contributed by atoms with Crippen LogP contribution >= 0.6 is 11.8 Å². The fourth-order valence-electron chi connectivity index (χ4n) is 3.17. The van der Waals surface area contributed by atoms with Crippen LogP contribution in [0.3, 0.4) is 0 Å². The van der Waals surface area contributed by atoms with Gasteiger partial charge in [-0.2, -0.15) is 0 Å². The Morgan fingerprint density at radius 1 is 1.12 bits per heavy atom. The van der Waals surface area contributed by atoms with Crippen LogP contribution in [0.2, 0.25) is 0 Å². The number of benzene rings is 2. The Morgan fingerprint density at radius 2 is 1.88 bits per heavy atom. The maximum atomic E-state index is 13.4. The number of aromatic nitrogens is 3. The number of H-pyrrole nitrogens is 1. The van der Waals surface area contributed by atoms with Gasteiger partial charge in [-0.1, -0.05) is 61.5 Å². The Balaban J connectivity index is 2.03. The summed E-state index contributed by atoms with van der Waals surface area (Å²) in [5.41, 5.74) is 4.18. The molecule has 0 saturated carbocycles. The highest BCUT2D eigenvalue weighted by Crippen LogP contribution is 2.27. The van der Waals surface area contributed by atoms with E-state index < -0.39 is 0 Å². The van der Waals surface area contributed by atoms with Crippen molar-refractivity contribution in [1.82, 2.24) is 14.5 Å². The molecule has 4 nitrogen and oxygen atoms in total. The van der Waals surface area contributed by atoms with Gasteiger partial charge in [-0.15, -0.1) is 0 Å². The van der Waals surface area contributed by atoms with Crippen LogP contribution in [0, 0.1) is 6.92 Å². The van der Waals surface area contributed by atoms with Crippen LogP contribution in [0.5, 0.6) is 0 Å². The standard InChI is InChI=1S/C21H21N3OS/c1-3-4-13-26-21-23-18-15-10-6-7-11-16(15)22-19(18)20(25)24(21)17-12-8-5-9-14(17)2/h5-12,22H,3-4,13H2,1-2H3. The smallest absolute Gasteiger partial charge is 0.283 e. The van der Waals surface area contributed by atoms with E-state index in [4.69, 9.17) is 4.98 Å². The summed E-state index contributed by atoms with van der Waals surface area (Å²) in [7, 11) is 0. The Hall–Kier alpha value is -2.53. The average molecular weight is 363 g/mol. The number of para-hydroxylation sites is 2. The number of nitrogens with one attached hydrogen (secondary N) is 1. The number of nitrogens with zero attached hydrogens (tertiary/aromatic N) is 2. The normalized spacial score (nSPS) is 11.5. The second-order valence-corrected chi connectivity index (χ2v) is 7.48. The van der Waals surface area contributed by atoms with Crippen LogP contribution in [-0.2, 0) is 0 Å². The van der Waals surface area contributed by atoms with E-state index in [1.54, 1.807) is 16.3 Å². The Kier molecular flexibility index (Phi) is 4.55. The summed E-state index contributed by atoms with van der Waals surface area (Å²) in [6, 6.07) is 15.9. The van der Waals surface area contributed by atoms with Gasteiger partial charge in [0.2, 0.25) is 0 Å². The number of fused-ring (bicyclic) bond motifs is 3. The average Bonchev–Trinajstić information content (AvgIpc) is 3.02. The second kappa shape index (κ2) is 7.00. The lowest BCUT2D eigenvalue weighted by molar-refractivity contribution is 0.809. The third kappa shape index (κ3) is 2.82. The molecular weight excluding hydrogens is 342 g/mol. The molecule has 0 unspecified atom stereocenters. The number of hydrogen-bond acceptors (Lipinski definition) is 3. The van der Waals surface area contributed by atoms with Gasteiger partial charge >= 0.3 is 0 Å². The summed E-state index contributed by atoms with van der Waals surface area (Å²) in [5.74, 6) is 0.947. The monoisotopic (exact) mass is 363 g/mol. The molecule has 5 heteroatoms. The van der Waals surface area contributed by atoms with Gasteiger partial charge in [-0.3, -0.25) is 9.36 Å².